The predicted molar refractivity (Wildman–Crippen MR) is 81.8 cm³/mol. The number of rotatable bonds is 3. The van der Waals surface area contributed by atoms with Crippen molar-refractivity contribution >= 4 is 11.7 Å². The third-order valence-corrected chi connectivity index (χ3v) is 3.70. The van der Waals surface area contributed by atoms with E-state index in [9.17, 15) is 9.90 Å². The average molecular weight is 299 g/mol. The van der Waals surface area contributed by atoms with Gasteiger partial charge in [-0.15, -0.1) is 0 Å². The summed E-state index contributed by atoms with van der Waals surface area (Å²) in [4.78, 5) is 16.2. The van der Waals surface area contributed by atoms with Crippen molar-refractivity contribution in [2.45, 2.75) is 18.6 Å². The topological polar surface area (TPSA) is 83.5 Å². The number of anilines is 1. The van der Waals surface area contributed by atoms with Crippen LogP contribution in [0.5, 0.6) is 5.88 Å². The van der Waals surface area contributed by atoms with Crippen LogP contribution in [-0.4, -0.2) is 29.3 Å². The lowest BCUT2D eigenvalue weighted by Gasteiger charge is -2.18. The zero-order valence-corrected chi connectivity index (χ0v) is 12.1. The third-order valence-electron chi connectivity index (χ3n) is 3.70. The number of carbonyl (C=O) groups is 1. The van der Waals surface area contributed by atoms with Gasteiger partial charge in [0, 0.05) is 12.6 Å². The molecule has 2 amide bonds. The molecular formula is C16H17N3O3. The largest absolute Gasteiger partial charge is 0.480 e. The van der Waals surface area contributed by atoms with Gasteiger partial charge in [0.1, 0.15) is 5.69 Å². The molecule has 1 aromatic carbocycles. The molecule has 0 spiro atoms. The zero-order valence-electron chi connectivity index (χ0n) is 12.1. The SMILES string of the molecule is COc1ncccc1NC(=O)N[C@@H]1c2ccccc2C[C@@H]1O. The van der Waals surface area contributed by atoms with Gasteiger partial charge in [0.2, 0.25) is 5.88 Å². The van der Waals surface area contributed by atoms with Gasteiger partial charge in [0.15, 0.2) is 0 Å². The van der Waals surface area contributed by atoms with Gasteiger partial charge in [-0.25, -0.2) is 9.78 Å². The molecule has 0 radical (unpaired) electrons. The number of urea groups is 1. The fourth-order valence-electron chi connectivity index (χ4n) is 2.70. The van der Waals surface area contributed by atoms with E-state index in [0.717, 1.165) is 11.1 Å². The van der Waals surface area contributed by atoms with Crippen LogP contribution in [0, 0.1) is 0 Å². The first-order valence-corrected chi connectivity index (χ1v) is 7.01. The number of methoxy groups -OCH3 is 1. The monoisotopic (exact) mass is 299 g/mol. The van der Waals surface area contributed by atoms with Crippen LogP contribution >= 0.6 is 0 Å². The molecule has 0 saturated heterocycles. The average Bonchev–Trinajstić information content (AvgIpc) is 2.84. The molecule has 2 atom stereocenters. The smallest absolute Gasteiger partial charge is 0.319 e. The summed E-state index contributed by atoms with van der Waals surface area (Å²) in [6.45, 7) is 0. The van der Waals surface area contributed by atoms with Crippen molar-refractivity contribution in [3.05, 3.63) is 53.7 Å². The molecule has 0 fully saturated rings. The molecule has 3 rings (SSSR count). The number of fused-ring (bicyclic) bond motifs is 1. The van der Waals surface area contributed by atoms with E-state index in [1.165, 1.54) is 7.11 Å². The van der Waals surface area contributed by atoms with E-state index in [1.54, 1.807) is 18.3 Å². The minimum atomic E-state index is -0.626. The van der Waals surface area contributed by atoms with Crippen molar-refractivity contribution in [3.63, 3.8) is 0 Å². The first-order chi connectivity index (χ1) is 10.7. The summed E-state index contributed by atoms with van der Waals surface area (Å²) in [5.41, 5.74) is 2.48. The van der Waals surface area contributed by atoms with Crippen LogP contribution in [0.3, 0.4) is 0 Å². The van der Waals surface area contributed by atoms with E-state index < -0.39 is 18.2 Å². The highest BCUT2D eigenvalue weighted by Gasteiger charge is 2.31. The van der Waals surface area contributed by atoms with E-state index in [2.05, 4.69) is 15.6 Å². The number of hydrogen-bond donors (Lipinski definition) is 3. The maximum atomic E-state index is 12.2. The Labute approximate surface area is 128 Å². The van der Waals surface area contributed by atoms with Gasteiger partial charge in [0.05, 0.1) is 19.3 Å². The number of aromatic nitrogens is 1. The number of benzene rings is 1. The Morgan fingerprint density at radius 2 is 2.14 bits per heavy atom. The summed E-state index contributed by atoms with van der Waals surface area (Å²) < 4.78 is 5.09. The summed E-state index contributed by atoms with van der Waals surface area (Å²) in [6, 6.07) is 10.3. The van der Waals surface area contributed by atoms with E-state index in [4.69, 9.17) is 4.74 Å². The second-order valence-electron chi connectivity index (χ2n) is 5.11. The normalized spacial score (nSPS) is 19.4. The molecule has 22 heavy (non-hydrogen) atoms. The molecule has 2 aromatic rings. The molecule has 0 saturated carbocycles. The first-order valence-electron chi connectivity index (χ1n) is 7.01. The van der Waals surface area contributed by atoms with Crippen LogP contribution in [0.2, 0.25) is 0 Å². The van der Waals surface area contributed by atoms with Crippen molar-refractivity contribution in [1.82, 2.24) is 10.3 Å². The Bertz CT molecular complexity index is 690. The Kier molecular flexibility index (Phi) is 3.93. The van der Waals surface area contributed by atoms with Crippen molar-refractivity contribution in [1.29, 1.82) is 0 Å². The summed E-state index contributed by atoms with van der Waals surface area (Å²) in [5, 5.41) is 15.6. The van der Waals surface area contributed by atoms with Crippen molar-refractivity contribution < 1.29 is 14.6 Å². The van der Waals surface area contributed by atoms with Crippen molar-refractivity contribution in [2.75, 3.05) is 12.4 Å². The minimum absolute atomic E-state index is 0.338. The number of carbonyl (C=O) groups excluding carboxylic acids is 1. The van der Waals surface area contributed by atoms with Gasteiger partial charge in [0.25, 0.3) is 0 Å². The molecule has 3 N–H and O–H groups in total. The molecule has 1 heterocycles. The number of aliphatic hydroxyl groups excluding tert-OH is 1. The van der Waals surface area contributed by atoms with E-state index in [-0.39, 0.29) is 0 Å². The summed E-state index contributed by atoms with van der Waals surface area (Å²) in [7, 11) is 1.49. The van der Waals surface area contributed by atoms with Gasteiger partial charge >= 0.3 is 6.03 Å². The lowest BCUT2D eigenvalue weighted by Crippen LogP contribution is -2.36. The quantitative estimate of drug-likeness (QED) is 0.808. The van der Waals surface area contributed by atoms with Gasteiger partial charge in [-0.1, -0.05) is 24.3 Å². The molecule has 0 aliphatic heterocycles. The van der Waals surface area contributed by atoms with Crippen molar-refractivity contribution in [2.24, 2.45) is 0 Å². The molecule has 0 bridgehead atoms. The number of pyridine rings is 1. The second kappa shape index (κ2) is 6.03. The van der Waals surface area contributed by atoms with Crippen LogP contribution < -0.4 is 15.4 Å². The molecular weight excluding hydrogens is 282 g/mol. The highest BCUT2D eigenvalue weighted by atomic mass is 16.5. The van der Waals surface area contributed by atoms with Crippen LogP contribution in [0.25, 0.3) is 0 Å². The number of nitrogens with zero attached hydrogens (tertiary/aromatic N) is 1. The zero-order chi connectivity index (χ0) is 15.5. The maximum Gasteiger partial charge on any atom is 0.319 e. The summed E-state index contributed by atoms with van der Waals surface area (Å²) in [5.74, 6) is 0.338. The highest BCUT2D eigenvalue weighted by Crippen LogP contribution is 2.31. The molecule has 114 valence electrons. The molecule has 0 unspecified atom stereocenters. The lowest BCUT2D eigenvalue weighted by molar-refractivity contribution is 0.144. The standard InChI is InChI=1S/C16H17N3O3/c1-22-15-12(7-4-8-17-15)18-16(21)19-14-11-6-3-2-5-10(11)9-13(14)20/h2-8,13-14,20H,9H2,1H3,(H2,18,19,21)/t13-,14+/m0/s1. The fourth-order valence-corrected chi connectivity index (χ4v) is 2.70. The van der Waals surface area contributed by atoms with Crippen LogP contribution in [0.4, 0.5) is 10.5 Å². The van der Waals surface area contributed by atoms with Gasteiger partial charge < -0.3 is 20.5 Å². The molecule has 1 aliphatic carbocycles. The fraction of sp³-hybridized carbons (Fsp3) is 0.250. The Balaban J connectivity index is 1.72. The molecule has 1 aliphatic rings. The lowest BCUT2D eigenvalue weighted by atomic mass is 10.1. The molecule has 6 nitrogen and oxygen atoms in total. The molecule has 6 heteroatoms. The van der Waals surface area contributed by atoms with Gasteiger partial charge in [-0.2, -0.15) is 0 Å². The van der Waals surface area contributed by atoms with E-state index >= 15 is 0 Å². The summed E-state index contributed by atoms with van der Waals surface area (Å²) >= 11 is 0. The second-order valence-corrected chi connectivity index (χ2v) is 5.11. The number of ether oxygens (including phenoxy) is 1. The van der Waals surface area contributed by atoms with Crippen LogP contribution in [-0.2, 0) is 6.42 Å². The molecule has 1 aromatic heterocycles. The maximum absolute atomic E-state index is 12.2. The summed E-state index contributed by atoms with van der Waals surface area (Å²) in [6.07, 6.45) is 1.50. The predicted octanol–water partition coefficient (Wildman–Crippen LogP) is 1.87. The number of amides is 2. The number of nitrogens with one attached hydrogen (secondary N) is 2. The first kappa shape index (κ1) is 14.3. The van der Waals surface area contributed by atoms with E-state index in [0.29, 0.717) is 18.0 Å². The van der Waals surface area contributed by atoms with Gasteiger partial charge in [-0.3, -0.25) is 0 Å². The van der Waals surface area contributed by atoms with Crippen LogP contribution in [0.15, 0.2) is 42.6 Å². The van der Waals surface area contributed by atoms with Crippen molar-refractivity contribution in [3.8, 4) is 5.88 Å². The Hall–Kier alpha value is -2.60. The Morgan fingerprint density at radius 3 is 2.95 bits per heavy atom. The number of aliphatic hydroxyl groups is 1. The van der Waals surface area contributed by atoms with Crippen LogP contribution in [0.1, 0.15) is 17.2 Å². The highest BCUT2D eigenvalue weighted by molar-refractivity contribution is 5.90. The number of hydrogen-bond acceptors (Lipinski definition) is 4. The minimum Gasteiger partial charge on any atom is -0.480 e. The van der Waals surface area contributed by atoms with E-state index in [1.807, 2.05) is 24.3 Å². The van der Waals surface area contributed by atoms with Gasteiger partial charge in [-0.05, 0) is 23.3 Å². The third kappa shape index (κ3) is 2.73. The Morgan fingerprint density at radius 1 is 1.32 bits per heavy atom.